The molecular formula is C15H18N4OS. The predicted octanol–water partition coefficient (Wildman–Crippen LogP) is 2.71. The zero-order chi connectivity index (χ0) is 14.5. The Morgan fingerprint density at radius 3 is 2.67 bits per heavy atom. The Kier molecular flexibility index (Phi) is 4.45. The number of nitrogens with zero attached hydrogens (tertiary/aromatic N) is 3. The van der Waals surface area contributed by atoms with E-state index in [-0.39, 0.29) is 5.91 Å². The van der Waals surface area contributed by atoms with Gasteiger partial charge in [-0.2, -0.15) is 0 Å². The SMILES string of the molecule is O=C(Cc1cccs1)Nc1cnc(N2CCCCC2)nc1. The molecule has 5 nitrogen and oxygen atoms in total. The van der Waals surface area contributed by atoms with Gasteiger partial charge in [0.05, 0.1) is 24.5 Å². The molecule has 0 atom stereocenters. The molecule has 0 unspecified atom stereocenters. The minimum Gasteiger partial charge on any atom is -0.341 e. The molecule has 1 amide bonds. The van der Waals surface area contributed by atoms with Crippen molar-refractivity contribution >= 4 is 28.9 Å². The minimum absolute atomic E-state index is 0.0354. The first-order valence-corrected chi connectivity index (χ1v) is 8.08. The average Bonchev–Trinajstić information content (AvgIpc) is 3.02. The molecular weight excluding hydrogens is 284 g/mol. The Morgan fingerprint density at radius 2 is 2.00 bits per heavy atom. The maximum absolute atomic E-state index is 11.9. The van der Waals surface area contributed by atoms with Crippen molar-refractivity contribution in [1.82, 2.24) is 9.97 Å². The number of hydrogen-bond acceptors (Lipinski definition) is 5. The molecule has 1 N–H and O–H groups in total. The molecule has 0 aromatic carbocycles. The first-order chi connectivity index (χ1) is 10.3. The number of thiophene rings is 1. The molecule has 1 aliphatic rings. The van der Waals surface area contributed by atoms with Crippen molar-refractivity contribution in [3.63, 3.8) is 0 Å². The molecule has 21 heavy (non-hydrogen) atoms. The van der Waals surface area contributed by atoms with Crippen LogP contribution in [0, 0.1) is 0 Å². The summed E-state index contributed by atoms with van der Waals surface area (Å²) in [5.41, 5.74) is 0.650. The summed E-state index contributed by atoms with van der Waals surface area (Å²) in [6.45, 7) is 2.04. The number of hydrogen-bond donors (Lipinski definition) is 1. The van der Waals surface area contributed by atoms with E-state index in [0.717, 1.165) is 23.9 Å². The number of nitrogens with one attached hydrogen (secondary N) is 1. The van der Waals surface area contributed by atoms with Gasteiger partial charge in [-0.25, -0.2) is 9.97 Å². The van der Waals surface area contributed by atoms with E-state index >= 15 is 0 Å². The van der Waals surface area contributed by atoms with E-state index in [1.165, 1.54) is 19.3 Å². The molecule has 0 saturated carbocycles. The molecule has 6 heteroatoms. The summed E-state index contributed by atoms with van der Waals surface area (Å²) in [7, 11) is 0. The highest BCUT2D eigenvalue weighted by Crippen LogP contribution is 2.16. The van der Waals surface area contributed by atoms with Gasteiger partial charge in [0.2, 0.25) is 11.9 Å². The smallest absolute Gasteiger partial charge is 0.229 e. The molecule has 110 valence electrons. The van der Waals surface area contributed by atoms with E-state index in [0.29, 0.717) is 12.1 Å². The average molecular weight is 302 g/mol. The summed E-state index contributed by atoms with van der Waals surface area (Å²) in [6.07, 6.45) is 7.44. The monoisotopic (exact) mass is 302 g/mol. The van der Waals surface area contributed by atoms with Crippen LogP contribution in [0.3, 0.4) is 0 Å². The van der Waals surface area contributed by atoms with Crippen molar-refractivity contribution < 1.29 is 4.79 Å². The molecule has 2 aromatic rings. The van der Waals surface area contributed by atoms with Crippen LogP contribution in [0.4, 0.5) is 11.6 Å². The summed E-state index contributed by atoms with van der Waals surface area (Å²) < 4.78 is 0. The second-order valence-corrected chi connectivity index (χ2v) is 6.16. The third kappa shape index (κ3) is 3.78. The number of anilines is 2. The van der Waals surface area contributed by atoms with Crippen molar-refractivity contribution in [1.29, 1.82) is 0 Å². The van der Waals surface area contributed by atoms with E-state index in [1.54, 1.807) is 23.7 Å². The van der Waals surface area contributed by atoms with Crippen LogP contribution in [0.5, 0.6) is 0 Å². The minimum atomic E-state index is -0.0354. The molecule has 3 rings (SSSR count). The van der Waals surface area contributed by atoms with E-state index in [2.05, 4.69) is 20.2 Å². The van der Waals surface area contributed by atoms with Crippen molar-refractivity contribution in [3.05, 3.63) is 34.8 Å². The van der Waals surface area contributed by atoms with Gasteiger partial charge in [-0.15, -0.1) is 11.3 Å². The van der Waals surface area contributed by atoms with Crippen molar-refractivity contribution in [2.24, 2.45) is 0 Å². The highest BCUT2D eigenvalue weighted by molar-refractivity contribution is 7.10. The second kappa shape index (κ2) is 6.67. The zero-order valence-electron chi connectivity index (χ0n) is 11.8. The van der Waals surface area contributed by atoms with Gasteiger partial charge in [0.1, 0.15) is 0 Å². The molecule has 2 aromatic heterocycles. The first-order valence-electron chi connectivity index (χ1n) is 7.20. The van der Waals surface area contributed by atoms with Gasteiger partial charge in [0.25, 0.3) is 0 Å². The highest BCUT2D eigenvalue weighted by Gasteiger charge is 2.13. The van der Waals surface area contributed by atoms with Crippen molar-refractivity contribution in [3.8, 4) is 0 Å². The lowest BCUT2D eigenvalue weighted by molar-refractivity contribution is -0.115. The summed E-state index contributed by atoms with van der Waals surface area (Å²) in [5, 5.41) is 4.81. The third-order valence-electron chi connectivity index (χ3n) is 3.48. The van der Waals surface area contributed by atoms with Gasteiger partial charge >= 0.3 is 0 Å². The van der Waals surface area contributed by atoms with Crippen LogP contribution < -0.4 is 10.2 Å². The van der Waals surface area contributed by atoms with Crippen LogP contribution in [0.25, 0.3) is 0 Å². The van der Waals surface area contributed by atoms with Crippen molar-refractivity contribution in [2.45, 2.75) is 25.7 Å². The molecule has 0 bridgehead atoms. The topological polar surface area (TPSA) is 58.1 Å². The fourth-order valence-electron chi connectivity index (χ4n) is 2.42. The standard InChI is InChI=1S/C15H18N4OS/c20-14(9-13-5-4-8-21-13)18-12-10-16-15(17-11-12)19-6-2-1-3-7-19/h4-5,8,10-11H,1-3,6-7,9H2,(H,18,20). The van der Waals surface area contributed by atoms with Crippen LogP contribution in [-0.4, -0.2) is 29.0 Å². The van der Waals surface area contributed by atoms with E-state index in [1.807, 2.05) is 17.5 Å². The van der Waals surface area contributed by atoms with Gasteiger partial charge < -0.3 is 10.2 Å². The quantitative estimate of drug-likeness (QED) is 0.943. The number of rotatable bonds is 4. The molecule has 0 aliphatic carbocycles. The summed E-state index contributed by atoms with van der Waals surface area (Å²) in [5.74, 6) is 0.720. The van der Waals surface area contributed by atoms with Gasteiger partial charge in [-0.1, -0.05) is 6.07 Å². The van der Waals surface area contributed by atoms with E-state index in [4.69, 9.17) is 0 Å². The molecule has 3 heterocycles. The fourth-order valence-corrected chi connectivity index (χ4v) is 3.12. The number of aromatic nitrogens is 2. The lowest BCUT2D eigenvalue weighted by Crippen LogP contribution is -2.30. The van der Waals surface area contributed by atoms with E-state index < -0.39 is 0 Å². The molecule has 0 spiro atoms. The normalized spacial score (nSPS) is 15.0. The van der Waals surface area contributed by atoms with E-state index in [9.17, 15) is 4.79 Å². The lowest BCUT2D eigenvalue weighted by Gasteiger charge is -2.26. The Labute approximate surface area is 128 Å². The number of carbonyl (C=O) groups excluding carboxylic acids is 1. The Morgan fingerprint density at radius 1 is 1.24 bits per heavy atom. The van der Waals surface area contributed by atoms with Crippen LogP contribution in [-0.2, 0) is 11.2 Å². The van der Waals surface area contributed by atoms with Crippen LogP contribution >= 0.6 is 11.3 Å². The predicted molar refractivity (Wildman–Crippen MR) is 84.7 cm³/mol. The maximum atomic E-state index is 11.9. The van der Waals surface area contributed by atoms with Gasteiger partial charge in [-0.3, -0.25) is 4.79 Å². The van der Waals surface area contributed by atoms with Crippen LogP contribution in [0.15, 0.2) is 29.9 Å². The summed E-state index contributed by atoms with van der Waals surface area (Å²) in [4.78, 5) is 23.9. The first kappa shape index (κ1) is 14.0. The Hall–Kier alpha value is -1.95. The number of piperidine rings is 1. The molecule has 1 fully saturated rings. The van der Waals surface area contributed by atoms with Crippen LogP contribution in [0.2, 0.25) is 0 Å². The lowest BCUT2D eigenvalue weighted by atomic mass is 10.1. The fraction of sp³-hybridized carbons (Fsp3) is 0.400. The zero-order valence-corrected chi connectivity index (χ0v) is 12.6. The van der Waals surface area contributed by atoms with Crippen LogP contribution in [0.1, 0.15) is 24.1 Å². The molecule has 0 radical (unpaired) electrons. The summed E-state index contributed by atoms with van der Waals surface area (Å²) in [6, 6.07) is 3.91. The van der Waals surface area contributed by atoms with Gasteiger partial charge in [-0.05, 0) is 30.7 Å². The third-order valence-corrected chi connectivity index (χ3v) is 4.35. The largest absolute Gasteiger partial charge is 0.341 e. The molecule has 1 saturated heterocycles. The summed E-state index contributed by atoms with van der Waals surface area (Å²) >= 11 is 1.58. The maximum Gasteiger partial charge on any atom is 0.229 e. The van der Waals surface area contributed by atoms with Gasteiger partial charge in [0.15, 0.2) is 0 Å². The Bertz CT molecular complexity index is 576. The van der Waals surface area contributed by atoms with Crippen molar-refractivity contribution in [2.75, 3.05) is 23.3 Å². The molecule has 1 aliphatic heterocycles. The number of carbonyl (C=O) groups is 1. The second-order valence-electron chi connectivity index (χ2n) is 5.12. The number of amides is 1. The Balaban J connectivity index is 1.57. The highest BCUT2D eigenvalue weighted by atomic mass is 32.1. The van der Waals surface area contributed by atoms with Gasteiger partial charge in [0, 0.05) is 18.0 Å².